The molecule has 4 aromatic rings. The number of thioether (sulfide) groups is 1. The number of carbonyl (C=O) groups excluding carboxylic acids is 1. The van der Waals surface area contributed by atoms with Crippen molar-refractivity contribution in [2.24, 2.45) is 5.10 Å². The van der Waals surface area contributed by atoms with E-state index in [2.05, 4.69) is 10.1 Å². The fourth-order valence-electron chi connectivity index (χ4n) is 3.50. The third kappa shape index (κ3) is 3.94. The van der Waals surface area contributed by atoms with Crippen molar-refractivity contribution in [3.05, 3.63) is 78.3 Å². The van der Waals surface area contributed by atoms with Crippen LogP contribution in [0.5, 0.6) is 5.75 Å². The van der Waals surface area contributed by atoms with Gasteiger partial charge in [-0.25, -0.2) is 9.99 Å². The average molecular weight is 433 g/mol. The second kappa shape index (κ2) is 8.31. The van der Waals surface area contributed by atoms with Crippen LogP contribution in [0.15, 0.2) is 86.1 Å². The van der Waals surface area contributed by atoms with Crippen molar-refractivity contribution < 1.29 is 18.4 Å². The van der Waals surface area contributed by atoms with Crippen molar-refractivity contribution in [2.45, 2.75) is 17.7 Å². The number of para-hydroxylation sites is 2. The van der Waals surface area contributed by atoms with Gasteiger partial charge < -0.3 is 13.6 Å². The monoisotopic (exact) mass is 433 g/mol. The topological polar surface area (TPSA) is 81.1 Å². The van der Waals surface area contributed by atoms with Crippen molar-refractivity contribution in [3.8, 4) is 5.75 Å². The molecule has 156 valence electrons. The third-order valence-electron chi connectivity index (χ3n) is 5.05. The molecule has 2 aromatic heterocycles. The van der Waals surface area contributed by atoms with Gasteiger partial charge in [0.15, 0.2) is 5.58 Å². The molecule has 1 amide bonds. The molecule has 0 unspecified atom stereocenters. The maximum atomic E-state index is 13.1. The van der Waals surface area contributed by atoms with Crippen LogP contribution >= 0.6 is 11.8 Å². The Morgan fingerprint density at radius 3 is 2.74 bits per heavy atom. The minimum absolute atomic E-state index is 0.142. The van der Waals surface area contributed by atoms with Crippen LogP contribution in [0.1, 0.15) is 23.8 Å². The first-order valence-electron chi connectivity index (χ1n) is 9.77. The van der Waals surface area contributed by atoms with E-state index in [1.807, 2.05) is 60.7 Å². The lowest BCUT2D eigenvalue weighted by Crippen LogP contribution is -2.28. The van der Waals surface area contributed by atoms with Crippen molar-refractivity contribution in [2.75, 3.05) is 12.9 Å². The molecular weight excluding hydrogens is 414 g/mol. The van der Waals surface area contributed by atoms with Crippen molar-refractivity contribution >= 4 is 34.5 Å². The highest BCUT2D eigenvalue weighted by molar-refractivity contribution is 7.99. The molecule has 0 saturated carbocycles. The van der Waals surface area contributed by atoms with Crippen LogP contribution in [0.4, 0.5) is 0 Å². The number of hydrazone groups is 1. The molecule has 0 N–H and O–H groups in total. The van der Waals surface area contributed by atoms with E-state index in [0.29, 0.717) is 23.0 Å². The van der Waals surface area contributed by atoms with Crippen LogP contribution in [-0.4, -0.2) is 34.5 Å². The van der Waals surface area contributed by atoms with E-state index in [4.69, 9.17) is 13.6 Å². The van der Waals surface area contributed by atoms with E-state index in [1.165, 1.54) is 16.8 Å². The van der Waals surface area contributed by atoms with Gasteiger partial charge in [0, 0.05) is 6.42 Å². The van der Waals surface area contributed by atoms with Crippen LogP contribution < -0.4 is 4.74 Å². The number of fused-ring (bicyclic) bond motifs is 1. The fraction of sp³-hybridized carbons (Fsp3) is 0.174. The summed E-state index contributed by atoms with van der Waals surface area (Å²) in [7, 11) is 1.63. The second-order valence-corrected chi connectivity index (χ2v) is 7.91. The molecule has 1 atom stereocenters. The van der Waals surface area contributed by atoms with Gasteiger partial charge in [-0.1, -0.05) is 23.9 Å². The summed E-state index contributed by atoms with van der Waals surface area (Å²) in [5.41, 5.74) is 3.24. The standard InChI is InChI=1S/C23H19N3O4S/c1-28-16-10-8-15(9-11-16)18-13-19(21-7-4-12-29-21)26(25-18)22(27)14-31-23-24-17-5-2-3-6-20(17)30-23/h2-12,19H,13-14H2,1H3/t19-/m0/s1. The van der Waals surface area contributed by atoms with Crippen LogP contribution in [-0.2, 0) is 4.79 Å². The number of rotatable bonds is 6. The summed E-state index contributed by atoms with van der Waals surface area (Å²) in [5, 5.41) is 6.61. The SMILES string of the molecule is COc1ccc(C2=NN(C(=O)CSc3nc4ccccc4o3)[C@H](c3ccco3)C2)cc1. The number of amides is 1. The Morgan fingerprint density at radius 1 is 1.16 bits per heavy atom. The summed E-state index contributed by atoms with van der Waals surface area (Å²) in [5.74, 6) is 1.49. The predicted octanol–water partition coefficient (Wildman–Crippen LogP) is 4.90. The molecule has 1 aliphatic heterocycles. The van der Waals surface area contributed by atoms with E-state index in [1.54, 1.807) is 13.4 Å². The number of carbonyl (C=O) groups is 1. The lowest BCUT2D eigenvalue weighted by atomic mass is 10.0. The summed E-state index contributed by atoms with van der Waals surface area (Å²) in [6.07, 6.45) is 2.18. The molecule has 31 heavy (non-hydrogen) atoms. The van der Waals surface area contributed by atoms with Crippen LogP contribution in [0.3, 0.4) is 0 Å². The molecule has 0 spiro atoms. The van der Waals surface area contributed by atoms with Crippen LogP contribution in [0, 0.1) is 0 Å². The predicted molar refractivity (Wildman–Crippen MR) is 117 cm³/mol. The van der Waals surface area contributed by atoms with E-state index >= 15 is 0 Å². The summed E-state index contributed by atoms with van der Waals surface area (Å²) >= 11 is 1.26. The van der Waals surface area contributed by atoms with E-state index < -0.39 is 0 Å². The molecule has 8 heteroatoms. The molecule has 0 bridgehead atoms. The average Bonchev–Trinajstić information content (AvgIpc) is 3.56. The van der Waals surface area contributed by atoms with Gasteiger partial charge in [-0.05, 0) is 54.1 Å². The summed E-state index contributed by atoms with van der Waals surface area (Å²) in [6, 6.07) is 18.6. The lowest BCUT2D eigenvalue weighted by Gasteiger charge is -2.19. The fourth-order valence-corrected chi connectivity index (χ4v) is 4.19. The Morgan fingerprint density at radius 2 is 2.00 bits per heavy atom. The van der Waals surface area contributed by atoms with Gasteiger partial charge >= 0.3 is 0 Å². The molecule has 2 aromatic carbocycles. The maximum Gasteiger partial charge on any atom is 0.257 e. The van der Waals surface area contributed by atoms with Crippen molar-refractivity contribution in [1.29, 1.82) is 0 Å². The van der Waals surface area contributed by atoms with Gasteiger partial charge in [0.2, 0.25) is 0 Å². The van der Waals surface area contributed by atoms with Crippen molar-refractivity contribution in [3.63, 3.8) is 0 Å². The van der Waals surface area contributed by atoms with E-state index in [-0.39, 0.29) is 17.7 Å². The Hall–Kier alpha value is -3.52. The Balaban J connectivity index is 1.36. The molecule has 0 radical (unpaired) electrons. The Bertz CT molecular complexity index is 1200. The molecule has 0 saturated heterocycles. The molecule has 1 aliphatic rings. The highest BCUT2D eigenvalue weighted by Gasteiger charge is 2.35. The Kier molecular flexibility index (Phi) is 5.21. The molecule has 3 heterocycles. The number of ether oxygens (including phenoxy) is 1. The molecule has 5 rings (SSSR count). The smallest absolute Gasteiger partial charge is 0.257 e. The van der Waals surface area contributed by atoms with E-state index in [0.717, 1.165) is 22.5 Å². The summed E-state index contributed by atoms with van der Waals surface area (Å²) < 4.78 is 16.5. The first-order valence-corrected chi connectivity index (χ1v) is 10.8. The van der Waals surface area contributed by atoms with Crippen LogP contribution in [0.25, 0.3) is 11.1 Å². The van der Waals surface area contributed by atoms with Gasteiger partial charge in [-0.2, -0.15) is 5.10 Å². The number of benzene rings is 2. The van der Waals surface area contributed by atoms with Gasteiger partial charge in [-0.15, -0.1) is 0 Å². The largest absolute Gasteiger partial charge is 0.497 e. The summed E-state index contributed by atoms with van der Waals surface area (Å²) in [6.45, 7) is 0. The number of oxazole rings is 1. The van der Waals surface area contributed by atoms with Gasteiger partial charge in [0.05, 0.1) is 24.8 Å². The molecule has 0 fully saturated rings. The number of furan rings is 1. The Labute approximate surface area is 182 Å². The zero-order valence-corrected chi connectivity index (χ0v) is 17.5. The number of hydrogen-bond donors (Lipinski definition) is 0. The van der Waals surface area contributed by atoms with Crippen molar-refractivity contribution in [1.82, 2.24) is 9.99 Å². The van der Waals surface area contributed by atoms with E-state index in [9.17, 15) is 4.79 Å². The van der Waals surface area contributed by atoms with Gasteiger partial charge in [0.1, 0.15) is 23.1 Å². The molecule has 7 nitrogen and oxygen atoms in total. The first kappa shape index (κ1) is 19.4. The quantitative estimate of drug-likeness (QED) is 0.402. The second-order valence-electron chi connectivity index (χ2n) is 6.99. The lowest BCUT2D eigenvalue weighted by molar-refractivity contribution is -0.130. The zero-order chi connectivity index (χ0) is 21.2. The van der Waals surface area contributed by atoms with Crippen LogP contribution in [0.2, 0.25) is 0 Å². The van der Waals surface area contributed by atoms with Gasteiger partial charge in [0.25, 0.3) is 11.1 Å². The number of nitrogens with zero attached hydrogens (tertiary/aromatic N) is 3. The number of hydrogen-bond acceptors (Lipinski definition) is 7. The highest BCUT2D eigenvalue weighted by atomic mass is 32.2. The minimum atomic E-state index is -0.288. The van der Waals surface area contributed by atoms with Gasteiger partial charge in [-0.3, -0.25) is 4.79 Å². The third-order valence-corrected chi connectivity index (χ3v) is 5.87. The molecule has 0 aliphatic carbocycles. The highest BCUT2D eigenvalue weighted by Crippen LogP contribution is 2.34. The maximum absolute atomic E-state index is 13.1. The first-order chi connectivity index (χ1) is 15.2. The number of aromatic nitrogens is 1. The molecular formula is C23H19N3O4S. The summed E-state index contributed by atoms with van der Waals surface area (Å²) in [4.78, 5) is 17.5. The minimum Gasteiger partial charge on any atom is -0.497 e. The zero-order valence-electron chi connectivity index (χ0n) is 16.7. The number of methoxy groups -OCH3 is 1. The normalized spacial score (nSPS) is 16.0.